The van der Waals surface area contributed by atoms with Crippen molar-refractivity contribution in [1.82, 2.24) is 15.2 Å². The second kappa shape index (κ2) is 7.64. The van der Waals surface area contributed by atoms with Crippen LogP contribution in [0.3, 0.4) is 0 Å². The number of nitriles is 1. The van der Waals surface area contributed by atoms with E-state index in [0.717, 1.165) is 5.56 Å². The maximum Gasteiger partial charge on any atom is 0.237 e. The number of hydrogen-bond acceptors (Lipinski definition) is 5. The molecule has 0 aliphatic rings. The Kier molecular flexibility index (Phi) is 5.11. The molecular weight excluding hydrogens is 334 g/mol. The Bertz CT molecular complexity index is 916. The van der Waals surface area contributed by atoms with Crippen LogP contribution in [-0.2, 0) is 4.79 Å². The first-order valence-electron chi connectivity index (χ1n) is 7.62. The third-order valence-corrected chi connectivity index (χ3v) is 4.43. The SMILES string of the molecule is C[C@H](Sc1n[nH]c(-c2ccccc2)n1)C(=O)Nc1ccccc1C#N. The summed E-state index contributed by atoms with van der Waals surface area (Å²) >= 11 is 1.25. The Balaban J connectivity index is 1.66. The second-order valence-corrected chi connectivity index (χ2v) is 6.55. The summed E-state index contributed by atoms with van der Waals surface area (Å²) in [6, 6.07) is 18.6. The Hall–Kier alpha value is -3.11. The van der Waals surface area contributed by atoms with Gasteiger partial charge in [0.1, 0.15) is 6.07 Å². The smallest absolute Gasteiger partial charge is 0.237 e. The van der Waals surface area contributed by atoms with E-state index in [2.05, 4.69) is 26.6 Å². The Labute approximate surface area is 149 Å². The molecule has 2 aromatic carbocycles. The van der Waals surface area contributed by atoms with Gasteiger partial charge in [-0.2, -0.15) is 5.26 Å². The van der Waals surface area contributed by atoms with Crippen molar-refractivity contribution in [1.29, 1.82) is 5.26 Å². The van der Waals surface area contributed by atoms with Gasteiger partial charge < -0.3 is 5.32 Å². The van der Waals surface area contributed by atoms with Crippen molar-refractivity contribution >= 4 is 23.4 Å². The van der Waals surface area contributed by atoms with Gasteiger partial charge in [0.15, 0.2) is 5.82 Å². The van der Waals surface area contributed by atoms with Crippen LogP contribution in [0.1, 0.15) is 12.5 Å². The number of carbonyl (C=O) groups is 1. The van der Waals surface area contributed by atoms with Crippen molar-refractivity contribution in [3.8, 4) is 17.5 Å². The first-order valence-corrected chi connectivity index (χ1v) is 8.50. The summed E-state index contributed by atoms with van der Waals surface area (Å²) in [7, 11) is 0. The lowest BCUT2D eigenvalue weighted by molar-refractivity contribution is -0.115. The van der Waals surface area contributed by atoms with Crippen molar-refractivity contribution in [2.45, 2.75) is 17.3 Å². The van der Waals surface area contributed by atoms with Gasteiger partial charge in [0.2, 0.25) is 11.1 Å². The molecule has 0 fully saturated rings. The number of carbonyl (C=O) groups excluding carboxylic acids is 1. The summed E-state index contributed by atoms with van der Waals surface area (Å²) in [5.41, 5.74) is 1.86. The van der Waals surface area contributed by atoms with Gasteiger partial charge in [0.25, 0.3) is 0 Å². The summed E-state index contributed by atoms with van der Waals surface area (Å²) in [5, 5.41) is 19.0. The zero-order valence-corrected chi connectivity index (χ0v) is 14.2. The van der Waals surface area contributed by atoms with Crippen LogP contribution in [0, 0.1) is 11.3 Å². The number of thioether (sulfide) groups is 1. The molecule has 124 valence electrons. The van der Waals surface area contributed by atoms with Crippen molar-refractivity contribution < 1.29 is 4.79 Å². The van der Waals surface area contributed by atoms with E-state index < -0.39 is 5.25 Å². The number of para-hydroxylation sites is 1. The van der Waals surface area contributed by atoms with Gasteiger partial charge in [-0.1, -0.05) is 54.2 Å². The molecule has 0 spiro atoms. The number of rotatable bonds is 5. The Morgan fingerprint density at radius 3 is 2.68 bits per heavy atom. The normalized spacial score (nSPS) is 11.5. The van der Waals surface area contributed by atoms with Gasteiger partial charge in [-0.3, -0.25) is 9.89 Å². The van der Waals surface area contributed by atoms with E-state index in [1.54, 1.807) is 31.2 Å². The molecular formula is C18H15N5OS. The molecule has 2 N–H and O–H groups in total. The van der Waals surface area contributed by atoms with Crippen LogP contribution in [0.2, 0.25) is 0 Å². The number of hydrogen-bond donors (Lipinski definition) is 2. The average molecular weight is 349 g/mol. The molecule has 0 aliphatic heterocycles. The lowest BCUT2D eigenvalue weighted by Crippen LogP contribution is -2.23. The van der Waals surface area contributed by atoms with Crippen LogP contribution in [0.15, 0.2) is 59.8 Å². The molecule has 25 heavy (non-hydrogen) atoms. The van der Waals surface area contributed by atoms with Gasteiger partial charge in [-0.15, -0.1) is 5.10 Å². The minimum Gasteiger partial charge on any atom is -0.324 e. The molecule has 0 saturated carbocycles. The molecule has 0 radical (unpaired) electrons. The average Bonchev–Trinajstić information content (AvgIpc) is 3.11. The highest BCUT2D eigenvalue weighted by atomic mass is 32.2. The van der Waals surface area contributed by atoms with Crippen LogP contribution in [0.5, 0.6) is 0 Å². The monoisotopic (exact) mass is 349 g/mol. The van der Waals surface area contributed by atoms with Crippen LogP contribution in [-0.4, -0.2) is 26.3 Å². The van der Waals surface area contributed by atoms with Crippen molar-refractivity contribution in [2.75, 3.05) is 5.32 Å². The molecule has 7 heteroatoms. The van der Waals surface area contributed by atoms with Gasteiger partial charge in [-0.25, -0.2) is 4.98 Å². The zero-order valence-electron chi connectivity index (χ0n) is 13.4. The number of aromatic amines is 1. The summed E-state index contributed by atoms with van der Waals surface area (Å²) in [5.74, 6) is 0.448. The van der Waals surface area contributed by atoms with Crippen LogP contribution in [0.4, 0.5) is 5.69 Å². The maximum absolute atomic E-state index is 12.4. The van der Waals surface area contributed by atoms with E-state index in [9.17, 15) is 4.79 Å². The third kappa shape index (κ3) is 4.05. The molecule has 3 aromatic rings. The minimum absolute atomic E-state index is 0.209. The molecule has 0 saturated heterocycles. The quantitative estimate of drug-likeness (QED) is 0.688. The summed E-state index contributed by atoms with van der Waals surface area (Å²) in [4.78, 5) is 16.8. The fraction of sp³-hybridized carbons (Fsp3) is 0.111. The van der Waals surface area contributed by atoms with E-state index in [1.165, 1.54) is 11.8 Å². The van der Waals surface area contributed by atoms with Crippen LogP contribution < -0.4 is 5.32 Å². The van der Waals surface area contributed by atoms with E-state index in [-0.39, 0.29) is 5.91 Å². The number of nitrogens with one attached hydrogen (secondary N) is 2. The van der Waals surface area contributed by atoms with Crippen molar-refractivity contribution in [2.24, 2.45) is 0 Å². The van der Waals surface area contributed by atoms with Gasteiger partial charge >= 0.3 is 0 Å². The summed E-state index contributed by atoms with van der Waals surface area (Å²) < 4.78 is 0. The molecule has 1 aromatic heterocycles. The van der Waals surface area contributed by atoms with Gasteiger partial charge in [0.05, 0.1) is 16.5 Å². The highest BCUT2D eigenvalue weighted by Gasteiger charge is 2.18. The van der Waals surface area contributed by atoms with Gasteiger partial charge in [0, 0.05) is 5.56 Å². The third-order valence-electron chi connectivity index (χ3n) is 3.47. The Morgan fingerprint density at radius 2 is 1.92 bits per heavy atom. The number of amides is 1. The molecule has 6 nitrogen and oxygen atoms in total. The minimum atomic E-state index is -0.411. The Morgan fingerprint density at radius 1 is 1.20 bits per heavy atom. The molecule has 3 rings (SSSR count). The first-order chi connectivity index (χ1) is 12.2. The number of nitrogens with zero attached hydrogens (tertiary/aromatic N) is 3. The fourth-order valence-corrected chi connectivity index (χ4v) is 2.88. The van der Waals surface area contributed by atoms with Crippen molar-refractivity contribution in [3.63, 3.8) is 0 Å². The second-order valence-electron chi connectivity index (χ2n) is 5.24. The molecule has 1 amide bonds. The largest absolute Gasteiger partial charge is 0.324 e. The van der Waals surface area contributed by atoms with Crippen molar-refractivity contribution in [3.05, 3.63) is 60.2 Å². The topological polar surface area (TPSA) is 94.5 Å². The van der Waals surface area contributed by atoms with E-state index in [4.69, 9.17) is 5.26 Å². The number of benzene rings is 2. The maximum atomic E-state index is 12.4. The lowest BCUT2D eigenvalue weighted by atomic mass is 10.2. The van der Waals surface area contributed by atoms with E-state index >= 15 is 0 Å². The van der Waals surface area contributed by atoms with Gasteiger partial charge in [-0.05, 0) is 19.1 Å². The number of anilines is 1. The van der Waals surface area contributed by atoms with Crippen LogP contribution >= 0.6 is 11.8 Å². The molecule has 0 aliphatic carbocycles. The van der Waals surface area contributed by atoms with Crippen LogP contribution in [0.25, 0.3) is 11.4 Å². The standard InChI is InChI=1S/C18H15N5OS/c1-12(17(24)20-15-10-6-5-9-14(15)11-19)25-18-21-16(22-23-18)13-7-3-2-4-8-13/h2-10,12H,1H3,(H,20,24)(H,21,22,23)/t12-/m0/s1. The highest BCUT2D eigenvalue weighted by molar-refractivity contribution is 8.00. The summed E-state index contributed by atoms with van der Waals surface area (Å²) in [6.07, 6.45) is 0. The number of aromatic nitrogens is 3. The predicted molar refractivity (Wildman–Crippen MR) is 96.9 cm³/mol. The highest BCUT2D eigenvalue weighted by Crippen LogP contribution is 2.24. The van der Waals surface area contributed by atoms with E-state index in [1.807, 2.05) is 30.3 Å². The fourth-order valence-electron chi connectivity index (χ4n) is 2.16. The summed E-state index contributed by atoms with van der Waals surface area (Å²) in [6.45, 7) is 1.77. The number of H-pyrrole nitrogens is 1. The molecule has 1 heterocycles. The molecule has 0 unspecified atom stereocenters. The zero-order chi connectivity index (χ0) is 17.6. The molecule has 0 bridgehead atoms. The first kappa shape index (κ1) is 16.7. The van der Waals surface area contributed by atoms with E-state index in [0.29, 0.717) is 22.2 Å². The molecule has 1 atom stereocenters. The predicted octanol–water partition coefficient (Wildman–Crippen LogP) is 3.46. The lowest BCUT2D eigenvalue weighted by Gasteiger charge is -2.11.